The van der Waals surface area contributed by atoms with Gasteiger partial charge in [-0.3, -0.25) is 0 Å². The molecule has 0 radical (unpaired) electrons. The number of fused-ring (bicyclic) bond motifs is 1. The number of nitrogens with zero attached hydrogens (tertiary/aromatic N) is 3. The van der Waals surface area contributed by atoms with Gasteiger partial charge in [0, 0.05) is 48.9 Å². The molecule has 1 aliphatic heterocycles. The zero-order valence-electron chi connectivity index (χ0n) is 17.8. The first kappa shape index (κ1) is 21.1. The smallest absolute Gasteiger partial charge is 0.214 e. The number of rotatable bonds is 6. The highest BCUT2D eigenvalue weighted by atomic mass is 32.2. The SMILES string of the molecule is CN(/C1=c2\cc[nH]c2=NC=CCCC1)C1CC(NS(=O)(=O)C2CC(C)(CC#N)C2)C1. The van der Waals surface area contributed by atoms with Crippen molar-refractivity contribution in [2.24, 2.45) is 10.4 Å². The zero-order valence-corrected chi connectivity index (χ0v) is 18.6. The molecule has 0 bridgehead atoms. The van der Waals surface area contributed by atoms with Crippen molar-refractivity contribution in [2.45, 2.75) is 75.6 Å². The molecule has 2 N–H and O–H groups in total. The highest BCUT2D eigenvalue weighted by Crippen LogP contribution is 2.46. The molecule has 162 valence electrons. The van der Waals surface area contributed by atoms with Gasteiger partial charge in [0.05, 0.1) is 11.3 Å². The lowest BCUT2D eigenvalue weighted by Gasteiger charge is -2.46. The summed E-state index contributed by atoms with van der Waals surface area (Å²) in [5.41, 5.74) is 2.02. The molecule has 1 aromatic heterocycles. The topological polar surface area (TPSA) is 101 Å². The molecule has 2 fully saturated rings. The Bertz CT molecular complexity index is 1070. The molecular formula is C22H31N5O2S. The quantitative estimate of drug-likeness (QED) is 0.721. The van der Waals surface area contributed by atoms with Gasteiger partial charge in [0.15, 0.2) is 0 Å². The van der Waals surface area contributed by atoms with Crippen molar-refractivity contribution in [1.82, 2.24) is 14.6 Å². The van der Waals surface area contributed by atoms with E-state index in [4.69, 9.17) is 5.26 Å². The fraction of sp³-hybridized carbons (Fsp3) is 0.636. The van der Waals surface area contributed by atoms with Gasteiger partial charge in [0.25, 0.3) is 0 Å². The molecule has 7 nitrogen and oxygen atoms in total. The molecular weight excluding hydrogens is 398 g/mol. The third-order valence-corrected chi connectivity index (χ3v) is 8.81. The minimum absolute atomic E-state index is 0.000689. The lowest BCUT2D eigenvalue weighted by atomic mass is 9.68. The van der Waals surface area contributed by atoms with E-state index < -0.39 is 10.0 Å². The van der Waals surface area contributed by atoms with Crippen molar-refractivity contribution >= 4 is 15.7 Å². The van der Waals surface area contributed by atoms with E-state index in [1.807, 2.05) is 19.3 Å². The number of hydrogen-bond donors (Lipinski definition) is 2. The summed E-state index contributed by atoms with van der Waals surface area (Å²) in [6, 6.07) is 4.58. The Balaban J connectivity index is 1.38. The van der Waals surface area contributed by atoms with Crippen LogP contribution < -0.4 is 15.4 Å². The number of H-pyrrole nitrogens is 1. The lowest BCUT2D eigenvalue weighted by molar-refractivity contribution is 0.163. The van der Waals surface area contributed by atoms with Crippen molar-refractivity contribution in [1.29, 1.82) is 5.26 Å². The second-order valence-corrected chi connectivity index (χ2v) is 11.4. The first-order chi connectivity index (χ1) is 14.3. The molecule has 2 saturated carbocycles. The summed E-state index contributed by atoms with van der Waals surface area (Å²) in [6.07, 6.45) is 12.2. The van der Waals surface area contributed by atoms with Crippen LogP contribution in [0, 0.1) is 16.7 Å². The lowest BCUT2D eigenvalue weighted by Crippen LogP contribution is -2.56. The monoisotopic (exact) mass is 429 g/mol. The number of nitrogens with one attached hydrogen (secondary N) is 2. The summed E-state index contributed by atoms with van der Waals surface area (Å²) in [6.45, 7) is 2.00. The van der Waals surface area contributed by atoms with E-state index in [2.05, 4.69) is 44.9 Å². The summed E-state index contributed by atoms with van der Waals surface area (Å²) >= 11 is 0. The highest BCUT2D eigenvalue weighted by molar-refractivity contribution is 7.90. The number of aromatic amines is 1. The fourth-order valence-corrected chi connectivity index (χ4v) is 7.03. The van der Waals surface area contributed by atoms with Crippen molar-refractivity contribution in [2.75, 3.05) is 7.05 Å². The number of allylic oxidation sites excluding steroid dienone is 1. The molecule has 2 aliphatic carbocycles. The molecule has 8 heteroatoms. The third-order valence-electron chi connectivity index (χ3n) is 6.93. The average Bonchev–Trinajstić information content (AvgIpc) is 3.11. The zero-order chi connectivity index (χ0) is 21.4. The Morgan fingerprint density at radius 1 is 1.40 bits per heavy atom. The van der Waals surface area contributed by atoms with Crippen LogP contribution in [0.5, 0.6) is 0 Å². The Kier molecular flexibility index (Phi) is 5.78. The second-order valence-electron chi connectivity index (χ2n) is 9.36. The maximum absolute atomic E-state index is 12.7. The molecule has 1 aromatic rings. The molecule has 0 saturated heterocycles. The standard InChI is InChI=1S/C22H31N5O2S/c1-22(8-9-23)14-18(15-22)30(28,29)26-16-12-17(13-16)27(2)20-6-4-3-5-10-24-21-19(20)7-11-25-21/h5,7,10-11,16-18,26H,3-4,6,8,12-15H2,1-2H3,(H,24,25)/b10-5?,20-19+. The van der Waals surface area contributed by atoms with E-state index in [9.17, 15) is 8.42 Å². The van der Waals surface area contributed by atoms with Gasteiger partial charge < -0.3 is 9.88 Å². The molecule has 0 spiro atoms. The van der Waals surface area contributed by atoms with Gasteiger partial charge in [-0.1, -0.05) is 13.0 Å². The van der Waals surface area contributed by atoms with E-state index in [-0.39, 0.29) is 16.7 Å². The van der Waals surface area contributed by atoms with Gasteiger partial charge >= 0.3 is 0 Å². The Hall–Kier alpha value is -2.11. The van der Waals surface area contributed by atoms with Gasteiger partial charge in [-0.15, -0.1) is 0 Å². The van der Waals surface area contributed by atoms with Crippen LogP contribution in [0.1, 0.15) is 58.3 Å². The van der Waals surface area contributed by atoms with Crippen LogP contribution in [0.3, 0.4) is 0 Å². The van der Waals surface area contributed by atoms with Crippen LogP contribution in [-0.2, 0) is 10.0 Å². The predicted molar refractivity (Wildman–Crippen MR) is 116 cm³/mol. The Morgan fingerprint density at radius 3 is 2.90 bits per heavy atom. The van der Waals surface area contributed by atoms with E-state index >= 15 is 0 Å². The van der Waals surface area contributed by atoms with Gasteiger partial charge in [0.2, 0.25) is 10.0 Å². The molecule has 30 heavy (non-hydrogen) atoms. The number of hydrogen-bond acceptors (Lipinski definition) is 5. The minimum Gasteiger partial charge on any atom is -0.374 e. The van der Waals surface area contributed by atoms with Gasteiger partial charge in [-0.05, 0) is 56.4 Å². The third kappa shape index (κ3) is 4.19. The van der Waals surface area contributed by atoms with Crippen LogP contribution in [0.2, 0.25) is 0 Å². The molecule has 3 aliphatic rings. The van der Waals surface area contributed by atoms with Crippen molar-refractivity contribution < 1.29 is 8.42 Å². The van der Waals surface area contributed by atoms with Crippen molar-refractivity contribution in [3.63, 3.8) is 0 Å². The maximum Gasteiger partial charge on any atom is 0.214 e. The van der Waals surface area contributed by atoms with Crippen molar-refractivity contribution in [3.05, 3.63) is 35.2 Å². The molecule has 0 amide bonds. The molecule has 0 aromatic carbocycles. The number of aromatic nitrogens is 1. The molecule has 4 rings (SSSR count). The predicted octanol–water partition coefficient (Wildman–Crippen LogP) is 1.90. The summed E-state index contributed by atoms with van der Waals surface area (Å²) in [5, 5.41) is 9.68. The summed E-state index contributed by atoms with van der Waals surface area (Å²) in [7, 11) is -1.20. The van der Waals surface area contributed by atoms with E-state index in [0.29, 0.717) is 25.3 Å². The molecule has 2 heterocycles. The molecule has 0 unspecified atom stereocenters. The Morgan fingerprint density at radius 2 is 2.17 bits per heavy atom. The summed E-state index contributed by atoms with van der Waals surface area (Å²) < 4.78 is 28.3. The maximum atomic E-state index is 12.7. The largest absolute Gasteiger partial charge is 0.374 e. The van der Waals surface area contributed by atoms with Crippen molar-refractivity contribution in [3.8, 4) is 6.07 Å². The van der Waals surface area contributed by atoms with Gasteiger partial charge in [-0.25, -0.2) is 18.1 Å². The first-order valence-electron chi connectivity index (χ1n) is 10.8. The van der Waals surface area contributed by atoms with Crippen LogP contribution in [0.4, 0.5) is 0 Å². The van der Waals surface area contributed by atoms with E-state index in [0.717, 1.165) is 42.8 Å². The van der Waals surface area contributed by atoms with Gasteiger partial charge in [0.1, 0.15) is 5.49 Å². The van der Waals surface area contributed by atoms with E-state index in [1.54, 1.807) is 0 Å². The highest BCUT2D eigenvalue weighted by Gasteiger charge is 2.48. The Labute approximate surface area is 178 Å². The summed E-state index contributed by atoms with van der Waals surface area (Å²) in [4.78, 5) is 10.1. The fourth-order valence-electron chi connectivity index (χ4n) is 4.93. The minimum atomic E-state index is -3.32. The average molecular weight is 430 g/mol. The van der Waals surface area contributed by atoms with Gasteiger partial charge in [-0.2, -0.15) is 5.26 Å². The second kappa shape index (κ2) is 8.20. The number of sulfonamides is 1. The number of nitriles is 1. The van der Waals surface area contributed by atoms with Crippen LogP contribution in [-0.4, -0.2) is 42.7 Å². The van der Waals surface area contributed by atoms with Crippen LogP contribution >= 0.6 is 0 Å². The van der Waals surface area contributed by atoms with Crippen LogP contribution in [0.25, 0.3) is 5.70 Å². The molecule has 0 atom stereocenters. The normalized spacial score (nSPS) is 32.9. The first-order valence-corrected chi connectivity index (χ1v) is 12.4. The van der Waals surface area contributed by atoms with E-state index in [1.165, 1.54) is 5.70 Å². The summed E-state index contributed by atoms with van der Waals surface area (Å²) in [5.74, 6) is 0. The van der Waals surface area contributed by atoms with Crippen LogP contribution in [0.15, 0.2) is 29.5 Å².